The van der Waals surface area contributed by atoms with Crippen LogP contribution in [0.5, 0.6) is 0 Å². The van der Waals surface area contributed by atoms with Gasteiger partial charge in [-0.25, -0.2) is 0 Å². The van der Waals surface area contributed by atoms with Gasteiger partial charge in [0.05, 0.1) is 6.54 Å². The molecule has 2 aliphatic rings. The SMILES string of the molecule is CC(=O)N1CCCC(O)(C(=O)Nc2cc(C3CCCCCC3)[nH]n2)C1. The maximum Gasteiger partial charge on any atom is 0.259 e. The predicted octanol–water partition coefficient (Wildman–Crippen LogP) is 2.16. The standard InChI is InChI=1S/C18H28N4O3/c1-13(23)22-10-6-9-18(25,12-22)17(24)19-16-11-15(20-21-16)14-7-4-2-3-5-8-14/h11,14,25H,2-10,12H2,1H3,(H2,19,20,21,24). The number of hydrogen-bond donors (Lipinski definition) is 3. The van der Waals surface area contributed by atoms with Crippen molar-refractivity contribution in [1.82, 2.24) is 15.1 Å². The van der Waals surface area contributed by atoms with Gasteiger partial charge >= 0.3 is 0 Å². The fraction of sp³-hybridized carbons (Fsp3) is 0.722. The van der Waals surface area contributed by atoms with E-state index in [4.69, 9.17) is 0 Å². The lowest BCUT2D eigenvalue weighted by Crippen LogP contribution is -2.56. The summed E-state index contributed by atoms with van der Waals surface area (Å²) >= 11 is 0. The number of carbonyl (C=O) groups excluding carboxylic acids is 2. The molecule has 25 heavy (non-hydrogen) atoms. The summed E-state index contributed by atoms with van der Waals surface area (Å²) in [5.74, 6) is 0.294. The van der Waals surface area contributed by atoms with Crippen molar-refractivity contribution in [2.45, 2.75) is 69.8 Å². The third-order valence-corrected chi connectivity index (χ3v) is 5.47. The maximum absolute atomic E-state index is 12.5. The Morgan fingerprint density at radius 3 is 2.68 bits per heavy atom. The molecule has 1 saturated carbocycles. The van der Waals surface area contributed by atoms with Gasteiger partial charge < -0.3 is 15.3 Å². The molecule has 1 saturated heterocycles. The third kappa shape index (κ3) is 4.21. The molecule has 1 aromatic heterocycles. The first-order chi connectivity index (χ1) is 12.0. The van der Waals surface area contributed by atoms with Crippen molar-refractivity contribution in [3.63, 3.8) is 0 Å². The lowest BCUT2D eigenvalue weighted by molar-refractivity contribution is -0.146. The molecule has 1 aliphatic heterocycles. The lowest BCUT2D eigenvalue weighted by Gasteiger charge is -2.37. The molecule has 3 N–H and O–H groups in total. The van der Waals surface area contributed by atoms with Crippen LogP contribution in [0.25, 0.3) is 0 Å². The molecule has 0 radical (unpaired) electrons. The van der Waals surface area contributed by atoms with Gasteiger partial charge in [0.15, 0.2) is 11.4 Å². The Bertz CT molecular complexity index is 622. The number of aromatic nitrogens is 2. The van der Waals surface area contributed by atoms with E-state index in [9.17, 15) is 14.7 Å². The summed E-state index contributed by atoms with van der Waals surface area (Å²) in [5.41, 5.74) is -0.496. The number of aliphatic hydroxyl groups is 1. The van der Waals surface area contributed by atoms with Crippen LogP contribution in [0.3, 0.4) is 0 Å². The van der Waals surface area contributed by atoms with E-state index < -0.39 is 11.5 Å². The predicted molar refractivity (Wildman–Crippen MR) is 94.1 cm³/mol. The number of H-pyrrole nitrogens is 1. The molecule has 2 amide bonds. The van der Waals surface area contributed by atoms with Gasteiger partial charge in [0, 0.05) is 31.1 Å². The fourth-order valence-corrected chi connectivity index (χ4v) is 3.92. The summed E-state index contributed by atoms with van der Waals surface area (Å²) in [6.07, 6.45) is 8.28. The van der Waals surface area contributed by atoms with Crippen LogP contribution in [0.2, 0.25) is 0 Å². The van der Waals surface area contributed by atoms with Crippen LogP contribution in [0.4, 0.5) is 5.82 Å². The van der Waals surface area contributed by atoms with Crippen LogP contribution in [0.1, 0.15) is 69.9 Å². The number of carbonyl (C=O) groups is 2. The Kier molecular flexibility index (Phi) is 5.42. The topological polar surface area (TPSA) is 98.3 Å². The molecule has 7 nitrogen and oxygen atoms in total. The monoisotopic (exact) mass is 348 g/mol. The summed E-state index contributed by atoms with van der Waals surface area (Å²) in [6, 6.07) is 1.88. The van der Waals surface area contributed by atoms with Gasteiger partial charge in [0.2, 0.25) is 5.91 Å². The van der Waals surface area contributed by atoms with Crippen LogP contribution in [-0.2, 0) is 9.59 Å². The number of amides is 2. The minimum absolute atomic E-state index is 0.0358. The largest absolute Gasteiger partial charge is 0.378 e. The average Bonchev–Trinajstić information content (AvgIpc) is 2.88. The molecule has 1 atom stereocenters. The first-order valence-electron chi connectivity index (χ1n) is 9.32. The van der Waals surface area contributed by atoms with Gasteiger partial charge in [0.1, 0.15) is 0 Å². The van der Waals surface area contributed by atoms with Gasteiger partial charge in [-0.15, -0.1) is 0 Å². The van der Waals surface area contributed by atoms with Crippen molar-refractivity contribution in [2.75, 3.05) is 18.4 Å². The zero-order chi connectivity index (χ0) is 17.9. The summed E-state index contributed by atoms with van der Waals surface area (Å²) in [5, 5.41) is 20.6. The van der Waals surface area contributed by atoms with Crippen molar-refractivity contribution >= 4 is 17.6 Å². The summed E-state index contributed by atoms with van der Waals surface area (Å²) in [7, 11) is 0. The van der Waals surface area contributed by atoms with E-state index in [1.165, 1.54) is 37.5 Å². The molecular weight excluding hydrogens is 320 g/mol. The quantitative estimate of drug-likeness (QED) is 0.729. The highest BCUT2D eigenvalue weighted by Gasteiger charge is 2.41. The maximum atomic E-state index is 12.5. The first-order valence-corrected chi connectivity index (χ1v) is 9.32. The molecule has 2 fully saturated rings. The summed E-state index contributed by atoms with van der Waals surface area (Å²) in [6.45, 7) is 2.07. The zero-order valence-corrected chi connectivity index (χ0v) is 14.9. The van der Waals surface area contributed by atoms with Crippen LogP contribution in [0.15, 0.2) is 6.07 Å². The number of rotatable bonds is 3. The molecule has 1 aliphatic carbocycles. The van der Waals surface area contributed by atoms with Gasteiger partial charge in [-0.1, -0.05) is 25.7 Å². The number of piperidine rings is 1. The van der Waals surface area contributed by atoms with Crippen molar-refractivity contribution < 1.29 is 14.7 Å². The highest BCUT2D eigenvalue weighted by molar-refractivity contribution is 5.97. The Labute approximate surface area is 148 Å². The Morgan fingerprint density at radius 1 is 1.28 bits per heavy atom. The highest BCUT2D eigenvalue weighted by atomic mass is 16.3. The molecule has 7 heteroatoms. The van der Waals surface area contributed by atoms with Crippen molar-refractivity contribution in [3.05, 3.63) is 11.8 Å². The second kappa shape index (κ2) is 7.56. The first kappa shape index (κ1) is 17.9. The molecule has 1 aromatic rings. The Balaban J connectivity index is 1.63. The lowest BCUT2D eigenvalue weighted by atomic mass is 9.91. The van der Waals surface area contributed by atoms with E-state index in [-0.39, 0.29) is 12.5 Å². The second-order valence-electron chi connectivity index (χ2n) is 7.43. The molecule has 0 spiro atoms. The van der Waals surface area contributed by atoms with Gasteiger partial charge in [0.25, 0.3) is 5.91 Å². The molecular formula is C18H28N4O3. The smallest absolute Gasteiger partial charge is 0.259 e. The number of β-amino-alcohol motifs (C(OH)–C–C–N with tert-alkyl or cyclic N) is 1. The van der Waals surface area contributed by atoms with Crippen LogP contribution >= 0.6 is 0 Å². The van der Waals surface area contributed by atoms with Gasteiger partial charge in [-0.3, -0.25) is 14.7 Å². The molecule has 0 bridgehead atoms. The van der Waals surface area contributed by atoms with Crippen molar-refractivity contribution in [1.29, 1.82) is 0 Å². The van der Waals surface area contributed by atoms with Crippen molar-refractivity contribution in [2.24, 2.45) is 0 Å². The molecule has 0 aromatic carbocycles. The average molecular weight is 348 g/mol. The fourth-order valence-electron chi connectivity index (χ4n) is 3.92. The van der Waals surface area contributed by atoms with E-state index in [2.05, 4.69) is 15.5 Å². The number of nitrogens with one attached hydrogen (secondary N) is 2. The number of hydrogen-bond acceptors (Lipinski definition) is 4. The van der Waals surface area contributed by atoms with E-state index in [1.54, 1.807) is 0 Å². The molecule has 2 heterocycles. The number of likely N-dealkylation sites (tertiary alicyclic amines) is 1. The minimum atomic E-state index is -1.55. The minimum Gasteiger partial charge on any atom is -0.378 e. The summed E-state index contributed by atoms with van der Waals surface area (Å²) < 4.78 is 0. The Morgan fingerprint density at radius 2 is 2.00 bits per heavy atom. The molecule has 1 unspecified atom stereocenters. The number of nitrogens with zero attached hydrogens (tertiary/aromatic N) is 2. The summed E-state index contributed by atoms with van der Waals surface area (Å²) in [4.78, 5) is 25.6. The normalized spacial score (nSPS) is 25.4. The van der Waals surface area contributed by atoms with Crippen LogP contribution in [0, 0.1) is 0 Å². The second-order valence-corrected chi connectivity index (χ2v) is 7.43. The number of anilines is 1. The number of aromatic amines is 1. The Hall–Kier alpha value is -1.89. The third-order valence-electron chi connectivity index (χ3n) is 5.47. The van der Waals surface area contributed by atoms with E-state index in [0.717, 1.165) is 18.5 Å². The van der Waals surface area contributed by atoms with E-state index >= 15 is 0 Å². The van der Waals surface area contributed by atoms with Crippen LogP contribution < -0.4 is 5.32 Å². The van der Waals surface area contributed by atoms with Gasteiger partial charge in [-0.05, 0) is 25.7 Å². The van der Waals surface area contributed by atoms with Gasteiger partial charge in [-0.2, -0.15) is 5.10 Å². The van der Waals surface area contributed by atoms with Crippen LogP contribution in [-0.4, -0.2) is 50.7 Å². The molecule has 3 rings (SSSR count). The van der Waals surface area contributed by atoms with E-state index in [1.807, 2.05) is 6.07 Å². The highest BCUT2D eigenvalue weighted by Crippen LogP contribution is 2.31. The van der Waals surface area contributed by atoms with Crippen molar-refractivity contribution in [3.8, 4) is 0 Å². The van der Waals surface area contributed by atoms with E-state index in [0.29, 0.717) is 31.1 Å². The molecule has 138 valence electrons. The zero-order valence-electron chi connectivity index (χ0n) is 14.9.